The number of aromatic carboxylic acids is 1. The minimum atomic E-state index is -4.28. The van der Waals surface area contributed by atoms with Crippen LogP contribution in [0.1, 0.15) is 10.4 Å². The standard InChI is InChI=1S/C11H13F2NO4S2/c1-14(3-4-19-2)20(17,18)9-6-7(11(15)16)5-8(12)10(9)13/h5-6H,3-4H2,1-2H3,(H,15,16). The Morgan fingerprint density at radius 2 is 2.00 bits per heavy atom. The van der Waals surface area contributed by atoms with E-state index in [1.54, 1.807) is 6.26 Å². The molecule has 0 atom stereocenters. The van der Waals surface area contributed by atoms with Gasteiger partial charge in [0.2, 0.25) is 10.0 Å². The predicted octanol–water partition coefficient (Wildman–Crippen LogP) is 1.65. The maximum Gasteiger partial charge on any atom is 0.335 e. The topological polar surface area (TPSA) is 74.7 Å². The van der Waals surface area contributed by atoms with Crippen LogP contribution in [0.2, 0.25) is 0 Å². The smallest absolute Gasteiger partial charge is 0.335 e. The summed E-state index contributed by atoms with van der Waals surface area (Å²) in [6.07, 6.45) is 1.77. The van der Waals surface area contributed by atoms with E-state index in [0.29, 0.717) is 17.9 Å². The molecule has 5 nitrogen and oxygen atoms in total. The number of benzene rings is 1. The second-order valence-electron chi connectivity index (χ2n) is 3.89. The number of nitrogens with zero attached hydrogens (tertiary/aromatic N) is 1. The normalized spacial score (nSPS) is 11.8. The monoisotopic (exact) mass is 325 g/mol. The van der Waals surface area contributed by atoms with E-state index in [4.69, 9.17) is 5.11 Å². The zero-order chi connectivity index (χ0) is 15.5. The Labute approximate surface area is 119 Å². The Balaban J connectivity index is 3.34. The van der Waals surface area contributed by atoms with Crippen molar-refractivity contribution in [3.63, 3.8) is 0 Å². The van der Waals surface area contributed by atoms with Crippen molar-refractivity contribution in [1.82, 2.24) is 4.31 Å². The zero-order valence-corrected chi connectivity index (χ0v) is 12.4. The predicted molar refractivity (Wildman–Crippen MR) is 71.5 cm³/mol. The van der Waals surface area contributed by atoms with Crippen LogP contribution in [0.3, 0.4) is 0 Å². The van der Waals surface area contributed by atoms with Crippen molar-refractivity contribution in [2.75, 3.05) is 25.6 Å². The highest BCUT2D eigenvalue weighted by Crippen LogP contribution is 2.23. The third kappa shape index (κ3) is 3.47. The van der Waals surface area contributed by atoms with Crippen LogP contribution in [-0.4, -0.2) is 49.4 Å². The van der Waals surface area contributed by atoms with Crippen LogP contribution in [0, 0.1) is 11.6 Å². The summed E-state index contributed by atoms with van der Waals surface area (Å²) >= 11 is 1.39. The number of hydrogen-bond donors (Lipinski definition) is 1. The molecule has 0 heterocycles. The molecular formula is C11H13F2NO4S2. The first kappa shape index (κ1) is 16.9. The van der Waals surface area contributed by atoms with Gasteiger partial charge in [-0.2, -0.15) is 11.8 Å². The molecule has 0 amide bonds. The maximum atomic E-state index is 13.6. The highest BCUT2D eigenvalue weighted by molar-refractivity contribution is 7.98. The molecule has 1 N–H and O–H groups in total. The van der Waals surface area contributed by atoms with E-state index in [1.165, 1.54) is 18.8 Å². The van der Waals surface area contributed by atoms with Crippen LogP contribution in [0.15, 0.2) is 17.0 Å². The highest BCUT2D eigenvalue weighted by Gasteiger charge is 2.28. The van der Waals surface area contributed by atoms with E-state index in [1.807, 2.05) is 0 Å². The fourth-order valence-corrected chi connectivity index (χ4v) is 3.22. The fourth-order valence-electron chi connectivity index (χ4n) is 1.38. The Morgan fingerprint density at radius 1 is 1.40 bits per heavy atom. The summed E-state index contributed by atoms with van der Waals surface area (Å²) in [6, 6.07) is 1.06. The number of carboxylic acids is 1. The first-order chi connectivity index (χ1) is 9.21. The number of carboxylic acid groups (broad SMARTS) is 1. The molecule has 1 rings (SSSR count). The minimum absolute atomic E-state index is 0.0991. The van der Waals surface area contributed by atoms with E-state index in [2.05, 4.69) is 0 Å². The number of carbonyl (C=O) groups is 1. The molecular weight excluding hydrogens is 312 g/mol. The van der Waals surface area contributed by atoms with E-state index >= 15 is 0 Å². The van der Waals surface area contributed by atoms with Gasteiger partial charge in [0.1, 0.15) is 4.90 Å². The van der Waals surface area contributed by atoms with Gasteiger partial charge in [0, 0.05) is 19.3 Å². The van der Waals surface area contributed by atoms with Crippen LogP contribution in [0.25, 0.3) is 0 Å². The lowest BCUT2D eigenvalue weighted by atomic mass is 10.2. The van der Waals surface area contributed by atoms with Crippen LogP contribution >= 0.6 is 11.8 Å². The Morgan fingerprint density at radius 3 is 2.50 bits per heavy atom. The quantitative estimate of drug-likeness (QED) is 0.861. The molecule has 1 aromatic carbocycles. The molecule has 0 bridgehead atoms. The molecule has 0 radical (unpaired) electrons. The van der Waals surface area contributed by atoms with Crippen LogP contribution in [0.5, 0.6) is 0 Å². The van der Waals surface area contributed by atoms with Gasteiger partial charge in [-0.05, 0) is 18.4 Å². The van der Waals surface area contributed by atoms with E-state index in [-0.39, 0.29) is 6.54 Å². The molecule has 0 aliphatic carbocycles. The molecule has 0 aromatic heterocycles. The summed E-state index contributed by atoms with van der Waals surface area (Å²) in [5.74, 6) is -4.15. The summed E-state index contributed by atoms with van der Waals surface area (Å²) in [6.45, 7) is 0.0991. The lowest BCUT2D eigenvalue weighted by molar-refractivity contribution is 0.0696. The van der Waals surface area contributed by atoms with Crippen molar-refractivity contribution in [2.45, 2.75) is 4.90 Å². The second-order valence-corrected chi connectivity index (χ2v) is 6.89. The molecule has 9 heteroatoms. The van der Waals surface area contributed by atoms with E-state index < -0.39 is 38.1 Å². The van der Waals surface area contributed by atoms with Crippen LogP contribution in [-0.2, 0) is 10.0 Å². The molecule has 0 aliphatic heterocycles. The lowest BCUT2D eigenvalue weighted by Gasteiger charge is -2.17. The number of sulfonamides is 1. The average molecular weight is 325 g/mol. The van der Waals surface area contributed by atoms with Gasteiger partial charge in [-0.15, -0.1) is 0 Å². The summed E-state index contributed by atoms with van der Waals surface area (Å²) in [5, 5.41) is 8.77. The SMILES string of the molecule is CSCCN(C)S(=O)(=O)c1cc(C(=O)O)cc(F)c1F. The first-order valence-corrected chi connectivity index (χ1v) is 8.22. The molecule has 0 saturated heterocycles. The van der Waals surface area contributed by atoms with Gasteiger partial charge in [-0.3, -0.25) is 0 Å². The Hall–Kier alpha value is -1.19. The number of rotatable bonds is 6. The molecule has 0 spiro atoms. The van der Waals surface area contributed by atoms with Gasteiger partial charge in [0.05, 0.1) is 5.56 Å². The third-order valence-electron chi connectivity index (χ3n) is 2.54. The van der Waals surface area contributed by atoms with Crippen molar-refractivity contribution in [1.29, 1.82) is 0 Å². The van der Waals surface area contributed by atoms with Gasteiger partial charge >= 0.3 is 5.97 Å². The lowest BCUT2D eigenvalue weighted by Crippen LogP contribution is -2.30. The molecule has 0 fully saturated rings. The number of hydrogen-bond acceptors (Lipinski definition) is 4. The molecule has 112 valence electrons. The largest absolute Gasteiger partial charge is 0.478 e. The molecule has 20 heavy (non-hydrogen) atoms. The Bertz CT molecular complexity index is 619. The molecule has 0 aliphatic rings. The second kappa shape index (κ2) is 6.51. The summed E-state index contributed by atoms with van der Waals surface area (Å²) in [5.41, 5.74) is -0.624. The summed E-state index contributed by atoms with van der Waals surface area (Å²) in [4.78, 5) is 9.81. The van der Waals surface area contributed by atoms with Crippen molar-refractivity contribution in [3.8, 4) is 0 Å². The van der Waals surface area contributed by atoms with E-state index in [9.17, 15) is 22.0 Å². The third-order valence-corrected chi connectivity index (χ3v) is 4.99. The molecule has 0 saturated carbocycles. The van der Waals surface area contributed by atoms with E-state index in [0.717, 1.165) is 4.31 Å². The number of thioether (sulfide) groups is 1. The average Bonchev–Trinajstić information content (AvgIpc) is 2.38. The molecule has 0 unspecified atom stereocenters. The fraction of sp³-hybridized carbons (Fsp3) is 0.364. The van der Waals surface area contributed by atoms with Gasteiger partial charge in [-0.25, -0.2) is 26.3 Å². The summed E-state index contributed by atoms with van der Waals surface area (Å²) < 4.78 is 52.0. The zero-order valence-electron chi connectivity index (χ0n) is 10.8. The minimum Gasteiger partial charge on any atom is -0.478 e. The van der Waals surface area contributed by atoms with Crippen LogP contribution < -0.4 is 0 Å². The number of halogens is 2. The maximum absolute atomic E-state index is 13.6. The van der Waals surface area contributed by atoms with Gasteiger partial charge in [0.25, 0.3) is 0 Å². The summed E-state index contributed by atoms with van der Waals surface area (Å²) in [7, 11) is -3.06. The van der Waals surface area contributed by atoms with Crippen molar-refractivity contribution >= 4 is 27.8 Å². The van der Waals surface area contributed by atoms with Gasteiger partial charge in [-0.1, -0.05) is 0 Å². The van der Waals surface area contributed by atoms with Crippen LogP contribution in [0.4, 0.5) is 8.78 Å². The van der Waals surface area contributed by atoms with Crippen molar-refractivity contribution < 1.29 is 27.1 Å². The first-order valence-electron chi connectivity index (χ1n) is 5.39. The highest BCUT2D eigenvalue weighted by atomic mass is 32.2. The van der Waals surface area contributed by atoms with Gasteiger partial charge in [0.15, 0.2) is 11.6 Å². The molecule has 1 aromatic rings. The Kier molecular flexibility index (Phi) is 5.49. The van der Waals surface area contributed by atoms with Crippen molar-refractivity contribution in [3.05, 3.63) is 29.3 Å². The van der Waals surface area contributed by atoms with Gasteiger partial charge < -0.3 is 5.11 Å². The van der Waals surface area contributed by atoms with Crippen molar-refractivity contribution in [2.24, 2.45) is 0 Å².